The van der Waals surface area contributed by atoms with Gasteiger partial charge in [0.25, 0.3) is 0 Å². The molecule has 3 aliphatic rings. The Morgan fingerprint density at radius 3 is 2.48 bits per heavy atom. The molecule has 0 bridgehead atoms. The van der Waals surface area contributed by atoms with Gasteiger partial charge in [-0.2, -0.15) is 0 Å². The molecule has 1 aromatic carbocycles. The average molecular weight is 453 g/mol. The fraction of sp³-hybridized carbons (Fsp3) is 0.739. The minimum atomic E-state index is -3.37. The third-order valence-corrected chi connectivity index (χ3v) is 8.14. The Kier molecular flexibility index (Phi) is 7.35. The van der Waals surface area contributed by atoms with Crippen molar-refractivity contribution in [3.8, 4) is 0 Å². The van der Waals surface area contributed by atoms with Gasteiger partial charge in [-0.05, 0) is 55.9 Å². The van der Waals surface area contributed by atoms with Crippen LogP contribution >= 0.6 is 0 Å². The van der Waals surface area contributed by atoms with Crippen LogP contribution in [-0.2, 0) is 19.5 Å². The molecule has 31 heavy (non-hydrogen) atoms. The molecule has 2 N–H and O–H groups in total. The van der Waals surface area contributed by atoms with Crippen LogP contribution in [-0.4, -0.2) is 69.0 Å². The van der Waals surface area contributed by atoms with Gasteiger partial charge >= 0.3 is 0 Å². The van der Waals surface area contributed by atoms with Crippen LogP contribution in [0.2, 0.25) is 0 Å². The maximum absolute atomic E-state index is 12.1. The van der Waals surface area contributed by atoms with Gasteiger partial charge in [-0.1, -0.05) is 36.8 Å². The molecule has 1 aromatic rings. The molecule has 2 saturated carbocycles. The van der Waals surface area contributed by atoms with Gasteiger partial charge in [0.2, 0.25) is 16.4 Å². The highest BCUT2D eigenvalue weighted by atomic mass is 32.2. The Morgan fingerprint density at radius 1 is 1.13 bits per heavy atom. The topological polar surface area (TPSA) is 88.1 Å². The minimum Gasteiger partial charge on any atom is -0.377 e. The number of rotatable bonds is 8. The molecule has 0 aromatic heterocycles. The van der Waals surface area contributed by atoms with E-state index in [1.165, 1.54) is 18.9 Å². The van der Waals surface area contributed by atoms with Gasteiger partial charge in [0, 0.05) is 19.2 Å². The Balaban J connectivity index is 1.41. The van der Waals surface area contributed by atoms with E-state index in [2.05, 4.69) is 35.1 Å². The Labute approximate surface area is 186 Å². The van der Waals surface area contributed by atoms with Crippen LogP contribution in [0.5, 0.6) is 0 Å². The van der Waals surface area contributed by atoms with Gasteiger partial charge in [-0.25, -0.2) is 18.0 Å². The zero-order chi connectivity index (χ0) is 22.0. The zero-order valence-electron chi connectivity index (χ0n) is 18.5. The fourth-order valence-corrected chi connectivity index (χ4v) is 6.88. The van der Waals surface area contributed by atoms with E-state index in [4.69, 9.17) is 9.47 Å². The van der Waals surface area contributed by atoms with Crippen molar-refractivity contribution in [2.45, 2.75) is 81.5 Å². The maximum Gasteiger partial charge on any atom is 0.216 e. The van der Waals surface area contributed by atoms with Gasteiger partial charge in [0.1, 0.15) is 0 Å². The molecular weight excluding hydrogens is 416 g/mol. The predicted molar refractivity (Wildman–Crippen MR) is 119 cm³/mol. The van der Waals surface area contributed by atoms with Crippen molar-refractivity contribution in [3.05, 3.63) is 35.9 Å². The van der Waals surface area contributed by atoms with Crippen LogP contribution in [0.25, 0.3) is 0 Å². The highest BCUT2D eigenvalue weighted by Crippen LogP contribution is 2.43. The summed E-state index contributed by atoms with van der Waals surface area (Å²) in [5.74, 6) is 0.750. The van der Waals surface area contributed by atoms with Gasteiger partial charge in [-0.15, -0.1) is 0 Å². The summed E-state index contributed by atoms with van der Waals surface area (Å²) >= 11 is 0. The maximum atomic E-state index is 12.1. The molecule has 1 saturated heterocycles. The molecule has 0 spiro atoms. The summed E-state index contributed by atoms with van der Waals surface area (Å²) in [6, 6.07) is 10.2. The molecule has 7 nitrogen and oxygen atoms in total. The van der Waals surface area contributed by atoms with Crippen molar-refractivity contribution in [1.82, 2.24) is 9.62 Å². The van der Waals surface area contributed by atoms with Crippen LogP contribution in [0, 0.1) is 5.92 Å². The van der Waals surface area contributed by atoms with Crippen LogP contribution < -0.4 is 4.72 Å². The standard InChI is InChI=1S/C23H36N2O5S/c1-29-23(26)25-20-10-6-9-19(20)22(24-31(2,27)28)21(25)15-30-18-13-11-17(12-14-18)16-7-4-3-5-8-16/h3-5,7-8,17-24,26H,6,9-15H2,1-2H3/t17-,18+,19-,20+,21-,22-,23?/m0/s1. The molecule has 8 heteroatoms. The first-order valence-electron chi connectivity index (χ1n) is 11.5. The normalized spacial score (nSPS) is 35.2. The van der Waals surface area contributed by atoms with Crippen LogP contribution in [0.15, 0.2) is 30.3 Å². The third kappa shape index (κ3) is 5.31. The number of methoxy groups -OCH3 is 1. The Hall–Kier alpha value is -1.03. The molecule has 174 valence electrons. The fourth-order valence-electron chi connectivity index (χ4n) is 6.05. The number of aliphatic hydroxyl groups is 1. The number of hydrogen-bond donors (Lipinski definition) is 2. The van der Waals surface area contributed by atoms with E-state index in [9.17, 15) is 13.5 Å². The van der Waals surface area contributed by atoms with E-state index in [0.717, 1.165) is 44.9 Å². The number of likely N-dealkylation sites (tertiary alicyclic amines) is 1. The Morgan fingerprint density at radius 2 is 1.84 bits per heavy atom. The van der Waals surface area contributed by atoms with Crippen LogP contribution in [0.4, 0.5) is 0 Å². The van der Waals surface area contributed by atoms with E-state index in [1.54, 1.807) is 0 Å². The quantitative estimate of drug-likeness (QED) is 0.589. The van der Waals surface area contributed by atoms with E-state index in [-0.39, 0.29) is 30.1 Å². The first-order chi connectivity index (χ1) is 14.9. The van der Waals surface area contributed by atoms with Crippen molar-refractivity contribution < 1.29 is 23.0 Å². The second-order valence-corrected chi connectivity index (χ2v) is 11.2. The summed E-state index contributed by atoms with van der Waals surface area (Å²) in [4.78, 5) is 1.94. The lowest BCUT2D eigenvalue weighted by Crippen LogP contribution is -2.53. The molecular formula is C23H36N2O5S. The number of ether oxygens (including phenoxy) is 2. The lowest BCUT2D eigenvalue weighted by atomic mass is 9.83. The molecule has 1 heterocycles. The monoisotopic (exact) mass is 452 g/mol. The summed E-state index contributed by atoms with van der Waals surface area (Å²) in [7, 11) is -1.89. The van der Waals surface area contributed by atoms with Gasteiger partial charge < -0.3 is 14.6 Å². The second-order valence-electron chi connectivity index (χ2n) is 9.37. The summed E-state index contributed by atoms with van der Waals surface area (Å²) < 4.78 is 38.6. The third-order valence-electron chi connectivity index (χ3n) is 7.44. The molecule has 0 radical (unpaired) electrons. The average Bonchev–Trinajstić information content (AvgIpc) is 3.33. The summed E-state index contributed by atoms with van der Waals surface area (Å²) in [5.41, 5.74) is 1.40. The first kappa shape index (κ1) is 23.1. The molecule has 0 amide bonds. The SMILES string of the molecule is COC(O)N1[C@@H]2CCC[C@@H]2[C@H](NS(C)(=O)=O)[C@@H]1CO[C@H]1CC[C@@H](c2ccccc2)CC1. The van der Waals surface area contributed by atoms with E-state index >= 15 is 0 Å². The number of aliphatic hydroxyl groups excluding tert-OH is 1. The minimum absolute atomic E-state index is 0.108. The lowest BCUT2D eigenvalue weighted by molar-refractivity contribution is -0.201. The lowest BCUT2D eigenvalue weighted by Gasteiger charge is -2.36. The Bertz CT molecular complexity index is 813. The summed E-state index contributed by atoms with van der Waals surface area (Å²) in [6.07, 6.45) is 7.41. The van der Waals surface area contributed by atoms with E-state index < -0.39 is 16.4 Å². The molecule has 1 unspecified atom stereocenters. The number of benzene rings is 1. The van der Waals surface area contributed by atoms with Crippen molar-refractivity contribution in [1.29, 1.82) is 0 Å². The molecule has 4 rings (SSSR count). The zero-order valence-corrected chi connectivity index (χ0v) is 19.3. The number of nitrogens with one attached hydrogen (secondary N) is 1. The molecule has 3 fully saturated rings. The smallest absolute Gasteiger partial charge is 0.216 e. The summed E-state index contributed by atoms with van der Waals surface area (Å²) in [6.45, 7) is 0.390. The van der Waals surface area contributed by atoms with Crippen LogP contribution in [0.3, 0.4) is 0 Å². The highest BCUT2D eigenvalue weighted by molar-refractivity contribution is 7.88. The molecule has 1 aliphatic heterocycles. The van der Waals surface area contributed by atoms with Gasteiger partial charge in [0.05, 0.1) is 25.0 Å². The number of hydrogen-bond acceptors (Lipinski definition) is 6. The van der Waals surface area contributed by atoms with Gasteiger partial charge in [0.15, 0.2) is 0 Å². The first-order valence-corrected chi connectivity index (χ1v) is 13.4. The second kappa shape index (κ2) is 9.85. The summed E-state index contributed by atoms with van der Waals surface area (Å²) in [5, 5.41) is 10.6. The van der Waals surface area contributed by atoms with Crippen molar-refractivity contribution in [2.75, 3.05) is 20.0 Å². The highest BCUT2D eigenvalue weighted by Gasteiger charge is 2.53. The molecule has 5 atom stereocenters. The number of nitrogens with zero attached hydrogens (tertiary/aromatic N) is 1. The van der Waals surface area contributed by atoms with Crippen LogP contribution in [0.1, 0.15) is 56.4 Å². The number of fused-ring (bicyclic) bond motifs is 1. The van der Waals surface area contributed by atoms with Crippen molar-refractivity contribution >= 4 is 10.0 Å². The van der Waals surface area contributed by atoms with Gasteiger partial charge in [-0.3, -0.25) is 0 Å². The van der Waals surface area contributed by atoms with Crippen molar-refractivity contribution in [2.24, 2.45) is 5.92 Å². The van der Waals surface area contributed by atoms with Crippen molar-refractivity contribution in [3.63, 3.8) is 0 Å². The van der Waals surface area contributed by atoms with E-state index in [1.807, 2.05) is 4.90 Å². The number of sulfonamides is 1. The predicted octanol–water partition coefficient (Wildman–Crippen LogP) is 2.42. The van der Waals surface area contributed by atoms with E-state index in [0.29, 0.717) is 12.5 Å². The molecule has 2 aliphatic carbocycles. The largest absolute Gasteiger partial charge is 0.377 e.